The second kappa shape index (κ2) is 6.63. The van der Waals surface area contributed by atoms with Gasteiger partial charge in [0.05, 0.1) is 10.9 Å². The van der Waals surface area contributed by atoms with E-state index < -0.39 is 12.1 Å². The van der Waals surface area contributed by atoms with Gasteiger partial charge < -0.3 is 5.32 Å². The molecular formula is C20H14F3N3O2. The minimum Gasteiger partial charge on any atom is -0.318 e. The van der Waals surface area contributed by atoms with Gasteiger partial charge in [0.1, 0.15) is 5.82 Å². The van der Waals surface area contributed by atoms with Crippen molar-refractivity contribution in [2.24, 2.45) is 0 Å². The molecule has 0 spiro atoms. The largest absolute Gasteiger partial charge is 0.471 e. The van der Waals surface area contributed by atoms with E-state index in [2.05, 4.69) is 4.98 Å². The zero-order chi connectivity index (χ0) is 19.9. The van der Waals surface area contributed by atoms with Crippen LogP contribution in [0.3, 0.4) is 0 Å². The molecule has 1 aromatic heterocycles. The summed E-state index contributed by atoms with van der Waals surface area (Å²) in [7, 11) is 0. The number of rotatable bonds is 2. The van der Waals surface area contributed by atoms with E-state index in [4.69, 9.17) is 0 Å². The van der Waals surface area contributed by atoms with Crippen LogP contribution >= 0.6 is 0 Å². The number of fused-ring (bicyclic) bond motifs is 2. The fourth-order valence-corrected chi connectivity index (χ4v) is 3.18. The van der Waals surface area contributed by atoms with Crippen molar-refractivity contribution >= 4 is 34.1 Å². The van der Waals surface area contributed by atoms with Gasteiger partial charge in [-0.05, 0) is 41.8 Å². The van der Waals surface area contributed by atoms with Crippen molar-refractivity contribution in [1.82, 2.24) is 9.55 Å². The maximum absolute atomic E-state index is 12.7. The summed E-state index contributed by atoms with van der Waals surface area (Å²) in [5.74, 6) is -1.59. The SMILES string of the molecule is O=C(Nc1ccc2c(=O)n3c(nc2c1)C(=Cc1ccccc1)CC3)C(F)(F)F. The Bertz CT molecular complexity index is 1170. The highest BCUT2D eigenvalue weighted by Gasteiger charge is 2.38. The van der Waals surface area contributed by atoms with Crippen molar-refractivity contribution in [3.05, 3.63) is 70.3 Å². The maximum Gasteiger partial charge on any atom is 0.471 e. The summed E-state index contributed by atoms with van der Waals surface area (Å²) in [5, 5.41) is 2.07. The number of hydrogen-bond donors (Lipinski definition) is 1. The second-order valence-corrected chi connectivity index (χ2v) is 6.41. The van der Waals surface area contributed by atoms with Gasteiger partial charge in [-0.25, -0.2) is 4.98 Å². The fourth-order valence-electron chi connectivity index (χ4n) is 3.18. The Morgan fingerprint density at radius 1 is 1.14 bits per heavy atom. The third-order valence-corrected chi connectivity index (χ3v) is 4.50. The molecule has 0 radical (unpaired) electrons. The molecule has 2 aromatic carbocycles. The molecule has 2 heterocycles. The zero-order valence-electron chi connectivity index (χ0n) is 14.5. The van der Waals surface area contributed by atoms with E-state index in [1.807, 2.05) is 36.4 Å². The van der Waals surface area contributed by atoms with E-state index in [0.29, 0.717) is 18.8 Å². The number of allylic oxidation sites excluding steroid dienone is 1. The van der Waals surface area contributed by atoms with Crippen LogP contribution < -0.4 is 10.9 Å². The van der Waals surface area contributed by atoms with Crippen LogP contribution in [0, 0.1) is 0 Å². The van der Waals surface area contributed by atoms with Crippen molar-refractivity contribution in [3.8, 4) is 0 Å². The Hall–Kier alpha value is -3.42. The number of aromatic nitrogens is 2. The lowest BCUT2D eigenvalue weighted by Crippen LogP contribution is -2.30. The van der Waals surface area contributed by atoms with E-state index in [9.17, 15) is 22.8 Å². The average Bonchev–Trinajstić information content (AvgIpc) is 3.05. The van der Waals surface area contributed by atoms with Crippen LogP contribution in [0.2, 0.25) is 0 Å². The molecule has 4 rings (SSSR count). The molecular weight excluding hydrogens is 371 g/mol. The zero-order valence-corrected chi connectivity index (χ0v) is 14.5. The lowest BCUT2D eigenvalue weighted by atomic mass is 10.1. The Labute approximate surface area is 157 Å². The van der Waals surface area contributed by atoms with Crippen LogP contribution in [0.25, 0.3) is 22.6 Å². The predicted octanol–water partition coefficient (Wildman–Crippen LogP) is 3.84. The number of hydrogen-bond acceptors (Lipinski definition) is 3. The smallest absolute Gasteiger partial charge is 0.318 e. The lowest BCUT2D eigenvalue weighted by molar-refractivity contribution is -0.167. The Kier molecular flexibility index (Phi) is 4.26. The van der Waals surface area contributed by atoms with Crippen LogP contribution in [0.4, 0.5) is 18.9 Å². The quantitative estimate of drug-likeness (QED) is 0.729. The number of carbonyl (C=O) groups is 1. The highest BCUT2D eigenvalue weighted by Crippen LogP contribution is 2.28. The molecule has 0 atom stereocenters. The number of carbonyl (C=O) groups excluding carboxylic acids is 1. The van der Waals surface area contributed by atoms with E-state index in [1.165, 1.54) is 18.2 Å². The number of benzene rings is 2. The molecule has 1 aliphatic heterocycles. The lowest BCUT2D eigenvalue weighted by Gasteiger charge is -2.10. The van der Waals surface area contributed by atoms with E-state index in [0.717, 1.165) is 11.1 Å². The van der Waals surface area contributed by atoms with Crippen molar-refractivity contribution in [2.45, 2.75) is 19.1 Å². The molecule has 0 aliphatic carbocycles. The molecule has 0 bridgehead atoms. The summed E-state index contributed by atoms with van der Waals surface area (Å²) in [5.41, 5.74) is 1.74. The van der Waals surface area contributed by atoms with Gasteiger partial charge in [0.2, 0.25) is 0 Å². The van der Waals surface area contributed by atoms with Gasteiger partial charge in [0, 0.05) is 12.2 Å². The summed E-state index contributed by atoms with van der Waals surface area (Å²) in [6.45, 7) is 0.488. The summed E-state index contributed by atoms with van der Waals surface area (Å²) < 4.78 is 38.9. The van der Waals surface area contributed by atoms with Crippen molar-refractivity contribution in [1.29, 1.82) is 0 Å². The summed E-state index contributed by atoms with van der Waals surface area (Å²) in [6.07, 6.45) is -2.43. The maximum atomic E-state index is 12.7. The Morgan fingerprint density at radius 2 is 1.89 bits per heavy atom. The van der Waals surface area contributed by atoms with Crippen molar-refractivity contribution < 1.29 is 18.0 Å². The first-order valence-electron chi connectivity index (χ1n) is 8.52. The number of halogens is 3. The predicted molar refractivity (Wildman–Crippen MR) is 99.6 cm³/mol. The summed E-state index contributed by atoms with van der Waals surface area (Å²) in [6, 6.07) is 13.5. The Morgan fingerprint density at radius 3 is 2.61 bits per heavy atom. The second-order valence-electron chi connectivity index (χ2n) is 6.41. The van der Waals surface area contributed by atoms with Gasteiger partial charge in [-0.1, -0.05) is 30.3 Å². The van der Waals surface area contributed by atoms with Gasteiger partial charge >= 0.3 is 12.1 Å². The molecule has 28 heavy (non-hydrogen) atoms. The monoisotopic (exact) mass is 385 g/mol. The van der Waals surface area contributed by atoms with Gasteiger partial charge in [0.15, 0.2) is 0 Å². The average molecular weight is 385 g/mol. The first-order valence-corrected chi connectivity index (χ1v) is 8.52. The molecule has 0 saturated heterocycles. The number of nitrogens with one attached hydrogen (secondary N) is 1. The summed E-state index contributed by atoms with van der Waals surface area (Å²) >= 11 is 0. The topological polar surface area (TPSA) is 64.0 Å². The standard InChI is InChI=1S/C20H14F3N3O2/c21-20(22,23)19(28)24-14-6-7-15-16(11-14)25-17-13(8-9-26(17)18(15)27)10-12-4-2-1-3-5-12/h1-7,10-11H,8-9H2,(H,24,28). The molecule has 5 nitrogen and oxygen atoms in total. The van der Waals surface area contributed by atoms with Crippen molar-refractivity contribution in [3.63, 3.8) is 0 Å². The third kappa shape index (κ3) is 3.28. The van der Waals surface area contributed by atoms with Crippen LogP contribution in [-0.2, 0) is 11.3 Å². The van der Waals surface area contributed by atoms with Crippen LogP contribution in [0.1, 0.15) is 17.8 Å². The number of anilines is 1. The van der Waals surface area contributed by atoms with Crippen LogP contribution in [-0.4, -0.2) is 21.6 Å². The molecule has 3 aromatic rings. The van der Waals surface area contributed by atoms with Crippen molar-refractivity contribution in [2.75, 3.05) is 5.32 Å². The van der Waals surface area contributed by atoms with Crippen LogP contribution in [0.15, 0.2) is 53.3 Å². The molecule has 0 saturated carbocycles. The fraction of sp³-hybridized carbons (Fsp3) is 0.150. The van der Waals surface area contributed by atoms with Gasteiger partial charge in [-0.2, -0.15) is 13.2 Å². The van der Waals surface area contributed by atoms with Gasteiger partial charge in [-0.15, -0.1) is 0 Å². The number of alkyl halides is 3. The van der Waals surface area contributed by atoms with E-state index >= 15 is 0 Å². The molecule has 1 aliphatic rings. The highest BCUT2D eigenvalue weighted by molar-refractivity contribution is 5.97. The minimum atomic E-state index is -4.99. The van der Waals surface area contributed by atoms with Crippen LogP contribution in [0.5, 0.6) is 0 Å². The normalized spacial score (nSPS) is 15.0. The van der Waals surface area contributed by atoms with E-state index in [1.54, 1.807) is 9.88 Å². The number of amides is 1. The third-order valence-electron chi connectivity index (χ3n) is 4.50. The first-order chi connectivity index (χ1) is 13.3. The number of nitrogens with zero attached hydrogens (tertiary/aromatic N) is 2. The van der Waals surface area contributed by atoms with Gasteiger partial charge in [-0.3, -0.25) is 14.2 Å². The molecule has 0 fully saturated rings. The molecule has 1 amide bonds. The highest BCUT2D eigenvalue weighted by atomic mass is 19.4. The van der Waals surface area contributed by atoms with E-state index in [-0.39, 0.29) is 22.1 Å². The summed E-state index contributed by atoms with van der Waals surface area (Å²) in [4.78, 5) is 28.4. The molecule has 1 N–H and O–H groups in total. The molecule has 0 unspecified atom stereocenters. The minimum absolute atomic E-state index is 0.0711. The molecule has 142 valence electrons. The molecule has 8 heteroatoms. The van der Waals surface area contributed by atoms with Gasteiger partial charge in [0.25, 0.3) is 5.56 Å². The Balaban J connectivity index is 1.78. The first kappa shape index (κ1) is 18.0.